The summed E-state index contributed by atoms with van der Waals surface area (Å²) >= 11 is 6.17. The third-order valence-corrected chi connectivity index (χ3v) is 3.44. The summed E-state index contributed by atoms with van der Waals surface area (Å²) in [7, 11) is 1.59. The first-order valence-electron chi connectivity index (χ1n) is 6.27. The molecule has 0 aliphatic carbocycles. The van der Waals surface area contributed by atoms with Crippen LogP contribution in [0.3, 0.4) is 0 Å². The molecule has 0 aliphatic rings. The molecule has 0 saturated carbocycles. The summed E-state index contributed by atoms with van der Waals surface area (Å²) in [5.41, 5.74) is 13.4. The van der Waals surface area contributed by atoms with Crippen LogP contribution in [-0.2, 0) is 6.54 Å². The summed E-state index contributed by atoms with van der Waals surface area (Å²) < 4.78 is 5.28. The largest absolute Gasteiger partial charge is 0.496 e. The summed E-state index contributed by atoms with van der Waals surface area (Å²) in [4.78, 5) is 11.1. The number of nitrogens with one attached hydrogen (secondary N) is 1. The molecule has 2 rings (SSSR count). The number of rotatable bonds is 5. The number of anilines is 2. The van der Waals surface area contributed by atoms with Gasteiger partial charge in [-0.1, -0.05) is 17.7 Å². The molecule has 0 spiro atoms. The van der Waals surface area contributed by atoms with Gasteiger partial charge in [0.25, 0.3) is 0 Å². The Labute approximate surface area is 127 Å². The zero-order valence-electron chi connectivity index (χ0n) is 11.5. The molecule has 5 N–H and O–H groups in total. The topological polar surface area (TPSA) is 90.4 Å². The van der Waals surface area contributed by atoms with Gasteiger partial charge in [0.15, 0.2) is 0 Å². The van der Waals surface area contributed by atoms with Gasteiger partial charge >= 0.3 is 0 Å². The average molecular weight is 306 g/mol. The van der Waals surface area contributed by atoms with Crippen molar-refractivity contribution in [3.05, 3.63) is 52.5 Å². The van der Waals surface area contributed by atoms with E-state index in [-0.39, 0.29) is 0 Å². The van der Waals surface area contributed by atoms with Crippen LogP contribution in [0.25, 0.3) is 0 Å². The van der Waals surface area contributed by atoms with Gasteiger partial charge in [0, 0.05) is 22.7 Å². The lowest BCUT2D eigenvalue weighted by molar-refractivity contribution is 0.100. The molecule has 6 heteroatoms. The highest BCUT2D eigenvalue weighted by Crippen LogP contribution is 2.28. The van der Waals surface area contributed by atoms with Crippen LogP contribution < -0.4 is 21.5 Å². The highest BCUT2D eigenvalue weighted by molar-refractivity contribution is 6.31. The molecule has 0 bridgehead atoms. The van der Waals surface area contributed by atoms with Crippen LogP contribution in [0.2, 0.25) is 5.02 Å². The minimum Gasteiger partial charge on any atom is -0.496 e. The molecular weight excluding hydrogens is 290 g/mol. The smallest absolute Gasteiger partial charge is 0.248 e. The van der Waals surface area contributed by atoms with Crippen LogP contribution >= 0.6 is 11.6 Å². The average Bonchev–Trinajstić information content (AvgIpc) is 2.46. The van der Waals surface area contributed by atoms with Crippen LogP contribution in [0.15, 0.2) is 36.4 Å². The van der Waals surface area contributed by atoms with Crippen molar-refractivity contribution in [1.29, 1.82) is 0 Å². The number of carbonyl (C=O) groups excluding carboxylic acids is 1. The second kappa shape index (κ2) is 6.37. The van der Waals surface area contributed by atoms with E-state index in [1.54, 1.807) is 25.3 Å². The number of amides is 1. The fourth-order valence-corrected chi connectivity index (χ4v) is 2.19. The molecule has 0 unspecified atom stereocenters. The van der Waals surface area contributed by atoms with E-state index in [1.165, 1.54) is 6.07 Å². The Morgan fingerprint density at radius 2 is 2.10 bits per heavy atom. The molecule has 0 radical (unpaired) electrons. The van der Waals surface area contributed by atoms with Crippen molar-refractivity contribution in [3.8, 4) is 5.75 Å². The fourth-order valence-electron chi connectivity index (χ4n) is 1.96. The van der Waals surface area contributed by atoms with Gasteiger partial charge in [-0.3, -0.25) is 4.79 Å². The molecule has 0 saturated heterocycles. The van der Waals surface area contributed by atoms with Crippen molar-refractivity contribution in [2.75, 3.05) is 18.2 Å². The Kier molecular flexibility index (Phi) is 4.55. The maximum Gasteiger partial charge on any atom is 0.248 e. The molecule has 2 aromatic carbocycles. The van der Waals surface area contributed by atoms with Crippen molar-refractivity contribution in [1.82, 2.24) is 0 Å². The molecule has 110 valence electrons. The molecule has 5 nitrogen and oxygen atoms in total. The van der Waals surface area contributed by atoms with E-state index < -0.39 is 5.91 Å². The molecule has 1 amide bonds. The maximum absolute atomic E-state index is 11.1. The summed E-state index contributed by atoms with van der Waals surface area (Å²) in [5.74, 6) is 0.184. The Balaban J connectivity index is 2.19. The van der Waals surface area contributed by atoms with Crippen molar-refractivity contribution in [2.45, 2.75) is 6.54 Å². The summed E-state index contributed by atoms with van der Waals surface area (Å²) in [5, 5.41) is 3.78. The summed E-state index contributed by atoms with van der Waals surface area (Å²) in [6.45, 7) is 0.447. The van der Waals surface area contributed by atoms with Crippen LogP contribution in [-0.4, -0.2) is 13.0 Å². The van der Waals surface area contributed by atoms with Crippen LogP contribution in [0.4, 0.5) is 11.4 Å². The molecule has 2 aromatic rings. The SMILES string of the molecule is COc1cccc(Cl)c1CNc1ccc(C(N)=O)cc1N. The van der Waals surface area contributed by atoms with Crippen LogP contribution in [0.5, 0.6) is 5.75 Å². The fraction of sp³-hybridized carbons (Fsp3) is 0.133. The van der Waals surface area contributed by atoms with Crippen LogP contribution in [0, 0.1) is 0 Å². The van der Waals surface area contributed by atoms with Gasteiger partial charge in [0.05, 0.1) is 18.5 Å². The lowest BCUT2D eigenvalue weighted by Gasteiger charge is -2.14. The van der Waals surface area contributed by atoms with Crippen molar-refractivity contribution >= 4 is 28.9 Å². The highest BCUT2D eigenvalue weighted by atomic mass is 35.5. The number of nitrogen functional groups attached to an aromatic ring is 1. The van der Waals surface area contributed by atoms with E-state index in [4.69, 9.17) is 27.8 Å². The molecule has 0 heterocycles. The standard InChI is InChI=1S/C15H16ClN3O2/c1-21-14-4-2-3-11(16)10(14)8-19-13-6-5-9(15(18)20)7-12(13)17/h2-7,19H,8,17H2,1H3,(H2,18,20). The Hall–Kier alpha value is -2.40. The maximum atomic E-state index is 11.1. The molecule has 0 atom stereocenters. The number of methoxy groups -OCH3 is 1. The molecule has 0 aliphatic heterocycles. The van der Waals surface area contributed by atoms with E-state index in [9.17, 15) is 4.79 Å². The third kappa shape index (κ3) is 3.38. The lowest BCUT2D eigenvalue weighted by atomic mass is 10.1. The summed E-state index contributed by atoms with van der Waals surface area (Å²) in [6, 6.07) is 10.3. The number of hydrogen-bond donors (Lipinski definition) is 3. The molecular formula is C15H16ClN3O2. The van der Waals surface area contributed by atoms with Gasteiger partial charge < -0.3 is 21.5 Å². The molecule has 0 aromatic heterocycles. The number of halogens is 1. The first-order chi connectivity index (χ1) is 10.0. The number of primary amides is 1. The molecule has 21 heavy (non-hydrogen) atoms. The molecule has 0 fully saturated rings. The number of hydrogen-bond acceptors (Lipinski definition) is 4. The van der Waals surface area contributed by atoms with Gasteiger partial charge in [0.1, 0.15) is 5.75 Å². The number of carbonyl (C=O) groups is 1. The lowest BCUT2D eigenvalue weighted by Crippen LogP contribution is -2.12. The van der Waals surface area contributed by atoms with Gasteiger partial charge in [0.2, 0.25) is 5.91 Å². The third-order valence-electron chi connectivity index (χ3n) is 3.09. The van der Waals surface area contributed by atoms with Crippen molar-refractivity contribution < 1.29 is 9.53 Å². The first kappa shape index (κ1) is 15.0. The minimum absolute atomic E-state index is 0.369. The zero-order valence-corrected chi connectivity index (χ0v) is 12.3. The highest BCUT2D eigenvalue weighted by Gasteiger charge is 2.09. The number of benzene rings is 2. The first-order valence-corrected chi connectivity index (χ1v) is 6.65. The van der Waals surface area contributed by atoms with Crippen LogP contribution in [0.1, 0.15) is 15.9 Å². The Morgan fingerprint density at radius 3 is 2.71 bits per heavy atom. The van der Waals surface area contributed by atoms with E-state index in [2.05, 4.69) is 5.32 Å². The normalized spacial score (nSPS) is 10.2. The van der Waals surface area contributed by atoms with E-state index in [0.29, 0.717) is 34.3 Å². The van der Waals surface area contributed by atoms with Gasteiger partial charge in [-0.25, -0.2) is 0 Å². The second-order valence-corrected chi connectivity index (χ2v) is 4.85. The summed E-state index contributed by atoms with van der Waals surface area (Å²) in [6.07, 6.45) is 0. The van der Waals surface area contributed by atoms with Crippen molar-refractivity contribution in [2.24, 2.45) is 5.73 Å². The Bertz CT molecular complexity index is 674. The Morgan fingerprint density at radius 1 is 1.33 bits per heavy atom. The predicted octanol–water partition coefficient (Wildman–Crippen LogP) is 2.64. The van der Waals surface area contributed by atoms with E-state index in [1.807, 2.05) is 12.1 Å². The zero-order chi connectivity index (χ0) is 15.4. The number of nitrogens with two attached hydrogens (primary N) is 2. The van der Waals surface area contributed by atoms with Gasteiger partial charge in [-0.05, 0) is 30.3 Å². The second-order valence-electron chi connectivity index (χ2n) is 4.44. The van der Waals surface area contributed by atoms with E-state index in [0.717, 1.165) is 5.56 Å². The number of ether oxygens (including phenoxy) is 1. The quantitative estimate of drug-likeness (QED) is 0.741. The van der Waals surface area contributed by atoms with E-state index >= 15 is 0 Å². The van der Waals surface area contributed by atoms with Crippen molar-refractivity contribution in [3.63, 3.8) is 0 Å². The minimum atomic E-state index is -0.513. The van der Waals surface area contributed by atoms with Gasteiger partial charge in [-0.15, -0.1) is 0 Å². The van der Waals surface area contributed by atoms with Gasteiger partial charge in [-0.2, -0.15) is 0 Å². The predicted molar refractivity (Wildman–Crippen MR) is 84.7 cm³/mol. The monoisotopic (exact) mass is 305 g/mol.